The van der Waals surface area contributed by atoms with Gasteiger partial charge in [0.25, 0.3) is 0 Å². The minimum atomic E-state index is -4.66. The molecule has 13 heteroatoms. The van der Waals surface area contributed by atoms with Crippen LogP contribution in [-0.2, 0) is 23.1 Å². The first-order valence-corrected chi connectivity index (χ1v) is 11.5. The highest BCUT2D eigenvalue weighted by atomic mass is 32.2. The molecule has 0 atom stereocenters. The number of alkyl halides is 3. The van der Waals surface area contributed by atoms with Gasteiger partial charge in [0.15, 0.2) is 15.7 Å². The molecule has 1 aliphatic carbocycles. The van der Waals surface area contributed by atoms with Crippen LogP contribution >= 0.6 is 0 Å². The molecular weight excluding hydrogens is 449 g/mol. The molecule has 1 fully saturated rings. The maximum Gasteiger partial charge on any atom is 0.433 e. The van der Waals surface area contributed by atoms with Gasteiger partial charge >= 0.3 is 12.2 Å². The van der Waals surface area contributed by atoms with Crippen LogP contribution in [0.5, 0.6) is 0 Å². The number of hydrogen-bond donors (Lipinski definition) is 0. The molecule has 4 rings (SSSR count). The van der Waals surface area contributed by atoms with Gasteiger partial charge in [0, 0.05) is 27.1 Å². The zero-order chi connectivity index (χ0) is 23.6. The van der Waals surface area contributed by atoms with Crippen molar-refractivity contribution in [1.82, 2.24) is 29.2 Å². The molecule has 0 unspecified atom stereocenters. The lowest BCUT2D eigenvalue weighted by Gasteiger charge is -2.13. The second-order valence-corrected chi connectivity index (χ2v) is 10.1. The number of amides is 1. The van der Waals surface area contributed by atoms with Gasteiger partial charge in [-0.3, -0.25) is 0 Å². The smallest absolute Gasteiger partial charge is 0.329 e. The van der Waals surface area contributed by atoms with Gasteiger partial charge in [-0.1, -0.05) is 6.92 Å². The Morgan fingerprint density at radius 1 is 1.28 bits per heavy atom. The van der Waals surface area contributed by atoms with Crippen molar-refractivity contribution in [2.24, 2.45) is 7.05 Å². The average Bonchev–Trinajstić information content (AvgIpc) is 3.41. The Balaban J connectivity index is 2.07. The van der Waals surface area contributed by atoms with E-state index in [0.29, 0.717) is 5.69 Å². The number of halogens is 3. The number of carbonyl (C=O) groups is 1. The fourth-order valence-corrected chi connectivity index (χ4v) is 4.76. The molecule has 3 aromatic heterocycles. The maximum atomic E-state index is 13.1. The summed E-state index contributed by atoms with van der Waals surface area (Å²) in [4.78, 5) is 21.8. The summed E-state index contributed by atoms with van der Waals surface area (Å²) in [5, 5.41) is 4.35. The van der Waals surface area contributed by atoms with E-state index in [1.165, 1.54) is 37.5 Å². The van der Waals surface area contributed by atoms with Crippen molar-refractivity contribution >= 4 is 26.9 Å². The van der Waals surface area contributed by atoms with Gasteiger partial charge in [-0.2, -0.15) is 23.0 Å². The molecule has 0 aromatic carbocycles. The van der Waals surface area contributed by atoms with Crippen LogP contribution in [0.2, 0.25) is 0 Å². The highest BCUT2D eigenvalue weighted by Gasteiger charge is 2.40. The number of carbonyl (C=O) groups excluding carboxylic acids is 1. The molecule has 0 radical (unpaired) electrons. The third-order valence-corrected chi connectivity index (χ3v) is 7.14. The van der Waals surface area contributed by atoms with Crippen LogP contribution in [0, 0.1) is 0 Å². The fourth-order valence-electron chi connectivity index (χ4n) is 3.48. The van der Waals surface area contributed by atoms with Crippen molar-refractivity contribution in [1.29, 1.82) is 0 Å². The molecule has 1 saturated carbocycles. The Bertz CT molecular complexity index is 1340. The summed E-state index contributed by atoms with van der Waals surface area (Å²) in [6, 6.07) is 0.198. The number of rotatable bonds is 4. The van der Waals surface area contributed by atoms with Crippen LogP contribution in [0.4, 0.5) is 18.0 Å². The summed E-state index contributed by atoms with van der Waals surface area (Å²) >= 11 is 0. The predicted molar refractivity (Wildman–Crippen MR) is 109 cm³/mol. The number of aromatic nitrogens is 5. The topological polar surface area (TPSA) is 103 Å². The van der Waals surface area contributed by atoms with Gasteiger partial charge in [-0.25, -0.2) is 23.2 Å². The molecule has 0 bridgehead atoms. The molecule has 32 heavy (non-hydrogen) atoms. The standard InChI is InChI=1S/C19H21F3N6O3S/c1-5-32(30,31)16-14(10-6-7-10)25-28(18(29)26(2)3)15(16)17-24-11-8-13(19(20,21)22)23-9-12(11)27(17)4/h8-10H,5-7H2,1-4H3. The Morgan fingerprint density at radius 3 is 2.47 bits per heavy atom. The summed E-state index contributed by atoms with van der Waals surface area (Å²) < 4.78 is 68.0. The molecule has 0 saturated heterocycles. The van der Waals surface area contributed by atoms with Crippen LogP contribution in [0.15, 0.2) is 17.2 Å². The first-order valence-electron chi connectivity index (χ1n) is 9.84. The van der Waals surface area contributed by atoms with E-state index in [9.17, 15) is 26.4 Å². The largest absolute Gasteiger partial charge is 0.433 e. The number of nitrogens with zero attached hydrogens (tertiary/aromatic N) is 6. The normalized spacial score (nSPS) is 14.8. The third kappa shape index (κ3) is 3.53. The number of pyridine rings is 1. The third-order valence-electron chi connectivity index (χ3n) is 5.36. The summed E-state index contributed by atoms with van der Waals surface area (Å²) in [6.07, 6.45) is -2.16. The molecule has 3 heterocycles. The number of fused-ring (bicyclic) bond motifs is 1. The number of aryl methyl sites for hydroxylation is 1. The first-order chi connectivity index (χ1) is 14.9. The molecular formula is C19H21F3N6O3S. The van der Waals surface area contributed by atoms with Crippen molar-refractivity contribution in [3.05, 3.63) is 23.7 Å². The number of hydrogen-bond acceptors (Lipinski definition) is 6. The fraction of sp³-hybridized carbons (Fsp3) is 0.474. The van der Waals surface area contributed by atoms with Crippen molar-refractivity contribution in [3.8, 4) is 11.5 Å². The van der Waals surface area contributed by atoms with Crippen LogP contribution < -0.4 is 0 Å². The van der Waals surface area contributed by atoms with Gasteiger partial charge in [0.1, 0.15) is 16.3 Å². The Labute approximate surface area is 181 Å². The number of imidazole rings is 1. The second kappa shape index (κ2) is 7.29. The molecule has 1 aliphatic rings. The van der Waals surface area contributed by atoms with E-state index in [1.807, 2.05) is 0 Å². The predicted octanol–water partition coefficient (Wildman–Crippen LogP) is 3.05. The van der Waals surface area contributed by atoms with Crippen molar-refractivity contribution in [2.45, 2.75) is 36.8 Å². The summed E-state index contributed by atoms with van der Waals surface area (Å²) in [5.74, 6) is -0.317. The van der Waals surface area contributed by atoms with E-state index in [0.717, 1.165) is 29.8 Å². The number of sulfone groups is 1. The van der Waals surface area contributed by atoms with Crippen LogP contribution in [-0.4, -0.2) is 63.5 Å². The lowest BCUT2D eigenvalue weighted by atomic mass is 10.2. The molecule has 9 nitrogen and oxygen atoms in total. The van der Waals surface area contributed by atoms with Gasteiger partial charge < -0.3 is 9.47 Å². The van der Waals surface area contributed by atoms with Gasteiger partial charge in [0.05, 0.1) is 28.7 Å². The molecule has 0 N–H and O–H groups in total. The second-order valence-electron chi connectivity index (χ2n) is 7.88. The van der Waals surface area contributed by atoms with Crippen molar-refractivity contribution < 1.29 is 26.4 Å². The molecule has 172 valence electrons. The maximum absolute atomic E-state index is 13.1. The first kappa shape index (κ1) is 22.2. The molecule has 3 aromatic rings. The van der Waals surface area contributed by atoms with Crippen LogP contribution in [0.1, 0.15) is 37.1 Å². The van der Waals surface area contributed by atoms with Crippen LogP contribution in [0.3, 0.4) is 0 Å². The highest BCUT2D eigenvalue weighted by Crippen LogP contribution is 2.45. The SMILES string of the molecule is CCS(=O)(=O)c1c(C2CC2)nn(C(=O)N(C)C)c1-c1nc2cc(C(F)(F)F)ncc2n1C. The monoisotopic (exact) mass is 470 g/mol. The minimum absolute atomic E-state index is 0.0164. The Hall–Kier alpha value is -2.96. The van der Waals surface area contributed by atoms with E-state index in [-0.39, 0.29) is 39.1 Å². The zero-order valence-electron chi connectivity index (χ0n) is 17.8. The van der Waals surface area contributed by atoms with E-state index in [2.05, 4.69) is 15.1 Å². The van der Waals surface area contributed by atoms with Crippen molar-refractivity contribution in [2.75, 3.05) is 19.8 Å². The van der Waals surface area contributed by atoms with E-state index >= 15 is 0 Å². The highest BCUT2D eigenvalue weighted by molar-refractivity contribution is 7.91. The zero-order valence-corrected chi connectivity index (χ0v) is 18.6. The quantitative estimate of drug-likeness (QED) is 0.581. The Kier molecular flexibility index (Phi) is 5.07. The van der Waals surface area contributed by atoms with Gasteiger partial charge in [-0.15, -0.1) is 0 Å². The summed E-state index contributed by atoms with van der Waals surface area (Å²) in [6.45, 7) is 1.48. The van der Waals surface area contributed by atoms with Gasteiger partial charge in [0.2, 0.25) is 0 Å². The summed E-state index contributed by atoms with van der Waals surface area (Å²) in [5.41, 5.74) is -0.654. The van der Waals surface area contributed by atoms with Crippen LogP contribution in [0.25, 0.3) is 22.6 Å². The lowest BCUT2D eigenvalue weighted by molar-refractivity contribution is -0.141. The average molecular weight is 470 g/mol. The molecule has 0 spiro atoms. The van der Waals surface area contributed by atoms with E-state index < -0.39 is 27.7 Å². The molecule has 1 amide bonds. The van der Waals surface area contributed by atoms with Gasteiger partial charge in [-0.05, 0) is 18.9 Å². The summed E-state index contributed by atoms with van der Waals surface area (Å²) in [7, 11) is 0.671. The van der Waals surface area contributed by atoms with E-state index in [1.54, 1.807) is 0 Å². The minimum Gasteiger partial charge on any atom is -0.329 e. The lowest BCUT2D eigenvalue weighted by Crippen LogP contribution is -2.29. The Morgan fingerprint density at radius 2 is 1.94 bits per heavy atom. The molecule has 0 aliphatic heterocycles. The van der Waals surface area contributed by atoms with E-state index in [4.69, 9.17) is 0 Å². The van der Waals surface area contributed by atoms with Crippen molar-refractivity contribution in [3.63, 3.8) is 0 Å².